The predicted octanol–water partition coefficient (Wildman–Crippen LogP) is 0.981. The van der Waals surface area contributed by atoms with Gasteiger partial charge in [-0.1, -0.05) is 0 Å². The van der Waals surface area contributed by atoms with Crippen LogP contribution in [0.25, 0.3) is 0 Å². The number of anilines is 1. The molecular formula is C8H6N4NaO2S. The molecule has 6 nitrogen and oxygen atoms in total. The fourth-order valence-electron chi connectivity index (χ4n) is 0.880. The van der Waals surface area contributed by atoms with Crippen molar-refractivity contribution >= 4 is 58.3 Å². The van der Waals surface area contributed by atoms with Crippen molar-refractivity contribution < 1.29 is 4.92 Å². The summed E-state index contributed by atoms with van der Waals surface area (Å²) in [7, 11) is 0. The summed E-state index contributed by atoms with van der Waals surface area (Å²) in [6.45, 7) is 0. The molecule has 77 valence electrons. The SMILES string of the molecule is N#CNC(=S)Nc1ccc([N+](=O)[O-])cc1.[Na]. The Bertz CT molecular complexity index is 429. The Morgan fingerprint density at radius 2 is 2.00 bits per heavy atom. The van der Waals surface area contributed by atoms with Crippen molar-refractivity contribution in [2.45, 2.75) is 0 Å². The normalized spacial score (nSPS) is 8.19. The van der Waals surface area contributed by atoms with Gasteiger partial charge >= 0.3 is 0 Å². The summed E-state index contributed by atoms with van der Waals surface area (Å²) in [5.41, 5.74) is 0.577. The smallest absolute Gasteiger partial charge is 0.269 e. The molecule has 1 aromatic carbocycles. The second-order valence-corrected chi connectivity index (χ2v) is 2.90. The van der Waals surface area contributed by atoms with Gasteiger partial charge in [0, 0.05) is 47.4 Å². The first-order valence-corrected chi connectivity index (χ1v) is 4.25. The molecule has 0 fully saturated rings. The number of hydrogen-bond donors (Lipinski definition) is 2. The Morgan fingerprint density at radius 3 is 2.44 bits per heavy atom. The average Bonchev–Trinajstić information content (AvgIpc) is 2.18. The predicted molar refractivity (Wildman–Crippen MR) is 63.8 cm³/mol. The molecule has 0 spiro atoms. The molecule has 8 heteroatoms. The van der Waals surface area contributed by atoms with E-state index in [0.29, 0.717) is 5.69 Å². The van der Waals surface area contributed by atoms with E-state index in [1.54, 1.807) is 6.19 Å². The van der Waals surface area contributed by atoms with E-state index < -0.39 is 4.92 Å². The van der Waals surface area contributed by atoms with Gasteiger partial charge in [0.15, 0.2) is 11.3 Å². The maximum Gasteiger partial charge on any atom is 0.269 e. The van der Waals surface area contributed by atoms with Crippen molar-refractivity contribution in [1.82, 2.24) is 5.32 Å². The first-order valence-electron chi connectivity index (χ1n) is 3.84. The van der Waals surface area contributed by atoms with Crippen LogP contribution in [-0.4, -0.2) is 39.6 Å². The van der Waals surface area contributed by atoms with Crippen LogP contribution < -0.4 is 10.6 Å². The molecule has 1 aromatic rings. The Labute approximate surface area is 119 Å². The Morgan fingerprint density at radius 1 is 1.44 bits per heavy atom. The number of hydrogen-bond acceptors (Lipinski definition) is 4. The van der Waals surface area contributed by atoms with Crippen molar-refractivity contribution in [1.29, 1.82) is 5.26 Å². The number of thiocarbonyl (C=S) groups is 1. The summed E-state index contributed by atoms with van der Waals surface area (Å²) in [6, 6.07) is 5.70. The van der Waals surface area contributed by atoms with Gasteiger partial charge < -0.3 is 5.32 Å². The van der Waals surface area contributed by atoms with E-state index in [1.165, 1.54) is 24.3 Å². The third kappa shape index (κ3) is 4.55. The molecule has 0 unspecified atom stereocenters. The molecule has 1 rings (SSSR count). The van der Waals surface area contributed by atoms with Crippen LogP contribution in [0, 0.1) is 21.6 Å². The van der Waals surface area contributed by atoms with Gasteiger partial charge in [-0.05, 0) is 24.4 Å². The van der Waals surface area contributed by atoms with Crippen LogP contribution in [-0.2, 0) is 0 Å². The van der Waals surface area contributed by atoms with Crippen molar-refractivity contribution in [2.75, 3.05) is 5.32 Å². The number of nitro groups is 1. The van der Waals surface area contributed by atoms with E-state index in [9.17, 15) is 10.1 Å². The van der Waals surface area contributed by atoms with Gasteiger partial charge in [-0.3, -0.25) is 15.4 Å². The van der Waals surface area contributed by atoms with E-state index >= 15 is 0 Å². The Kier molecular flexibility index (Phi) is 6.60. The van der Waals surface area contributed by atoms with Crippen LogP contribution >= 0.6 is 12.2 Å². The minimum absolute atomic E-state index is 0. The molecule has 0 aliphatic heterocycles. The second-order valence-electron chi connectivity index (χ2n) is 2.49. The first-order chi connectivity index (χ1) is 7.13. The molecule has 0 aliphatic rings. The van der Waals surface area contributed by atoms with Gasteiger partial charge in [-0.2, -0.15) is 5.26 Å². The van der Waals surface area contributed by atoms with Crippen LogP contribution in [0.4, 0.5) is 11.4 Å². The molecule has 0 atom stereocenters. The van der Waals surface area contributed by atoms with Crippen molar-refractivity contribution in [3.63, 3.8) is 0 Å². The monoisotopic (exact) mass is 245 g/mol. The summed E-state index contributed by atoms with van der Waals surface area (Å²) >= 11 is 4.74. The van der Waals surface area contributed by atoms with Crippen molar-refractivity contribution in [3.05, 3.63) is 34.4 Å². The quantitative estimate of drug-likeness (QED) is 0.201. The van der Waals surface area contributed by atoms with E-state index in [0.717, 1.165) is 0 Å². The second kappa shape index (κ2) is 7.14. The van der Waals surface area contributed by atoms with E-state index in [1.807, 2.05) is 0 Å². The molecule has 0 heterocycles. The minimum atomic E-state index is -0.490. The number of nitrogens with one attached hydrogen (secondary N) is 2. The van der Waals surface area contributed by atoms with Gasteiger partial charge in [0.25, 0.3) is 5.69 Å². The summed E-state index contributed by atoms with van der Waals surface area (Å²) in [5.74, 6) is 0. The topological polar surface area (TPSA) is 91.0 Å². The largest absolute Gasteiger partial charge is 0.332 e. The zero-order chi connectivity index (χ0) is 11.3. The third-order valence-electron chi connectivity index (χ3n) is 1.51. The van der Waals surface area contributed by atoms with Gasteiger partial charge in [0.1, 0.15) is 0 Å². The molecule has 0 saturated heterocycles. The summed E-state index contributed by atoms with van der Waals surface area (Å²) in [6.07, 6.45) is 1.66. The maximum absolute atomic E-state index is 10.3. The molecule has 0 aromatic heterocycles. The first kappa shape index (κ1) is 14.8. The number of nitriles is 1. The summed E-state index contributed by atoms with van der Waals surface area (Å²) in [5, 5.41) is 23.6. The zero-order valence-electron chi connectivity index (χ0n) is 8.43. The van der Waals surface area contributed by atoms with Crippen LogP contribution in [0.5, 0.6) is 0 Å². The summed E-state index contributed by atoms with van der Waals surface area (Å²) in [4.78, 5) is 9.85. The fourth-order valence-corrected chi connectivity index (χ4v) is 1.04. The van der Waals surface area contributed by atoms with E-state index in [4.69, 9.17) is 17.5 Å². The Balaban J connectivity index is 0.00000225. The molecule has 16 heavy (non-hydrogen) atoms. The summed E-state index contributed by atoms with van der Waals surface area (Å²) < 4.78 is 0. The van der Waals surface area contributed by atoms with Crippen molar-refractivity contribution in [3.8, 4) is 6.19 Å². The van der Waals surface area contributed by atoms with E-state index in [2.05, 4.69) is 10.6 Å². The zero-order valence-corrected chi connectivity index (χ0v) is 11.2. The standard InChI is InChI=1S/C8H6N4O2S.Na/c9-5-10-8(15)11-6-1-3-7(4-2-6)12(13)14;/h1-4H,(H2,10,11,15);. The Hall–Kier alpha value is -1.20. The number of benzene rings is 1. The fraction of sp³-hybridized carbons (Fsp3) is 0. The van der Waals surface area contributed by atoms with Crippen LogP contribution in [0.1, 0.15) is 0 Å². The van der Waals surface area contributed by atoms with Crippen LogP contribution in [0.3, 0.4) is 0 Å². The molecule has 0 aliphatic carbocycles. The molecule has 0 bridgehead atoms. The van der Waals surface area contributed by atoms with Gasteiger partial charge in [-0.15, -0.1) is 0 Å². The molecule has 0 saturated carbocycles. The van der Waals surface area contributed by atoms with Gasteiger partial charge in [0.05, 0.1) is 4.92 Å². The van der Waals surface area contributed by atoms with Crippen LogP contribution in [0.15, 0.2) is 24.3 Å². The van der Waals surface area contributed by atoms with E-state index in [-0.39, 0.29) is 40.4 Å². The third-order valence-corrected chi connectivity index (χ3v) is 1.71. The maximum atomic E-state index is 10.3. The van der Waals surface area contributed by atoms with Crippen LogP contribution in [0.2, 0.25) is 0 Å². The minimum Gasteiger partial charge on any atom is -0.332 e. The molecular weight excluding hydrogens is 239 g/mol. The number of nitro benzene ring substituents is 1. The number of nitrogens with zero attached hydrogens (tertiary/aromatic N) is 2. The molecule has 1 radical (unpaired) electrons. The van der Waals surface area contributed by atoms with Gasteiger partial charge in [0.2, 0.25) is 0 Å². The number of rotatable bonds is 2. The van der Waals surface area contributed by atoms with Crippen molar-refractivity contribution in [2.24, 2.45) is 0 Å². The number of non-ortho nitro benzene ring substituents is 1. The molecule has 2 N–H and O–H groups in total. The average molecular weight is 245 g/mol. The molecule has 0 amide bonds. The van der Waals surface area contributed by atoms with Gasteiger partial charge in [-0.25, -0.2) is 0 Å².